The van der Waals surface area contributed by atoms with Gasteiger partial charge in [-0.1, -0.05) is 52.2 Å². The van der Waals surface area contributed by atoms with Gasteiger partial charge in [0.05, 0.1) is 0 Å². The molecule has 0 amide bonds. The molecule has 54 valence electrons. The predicted octanol–water partition coefficient (Wildman–Crippen LogP) is 1.89. The first kappa shape index (κ1) is 8.60. The van der Waals surface area contributed by atoms with Crippen LogP contribution in [0, 0.1) is 0 Å². The number of halogens is 1. The van der Waals surface area contributed by atoms with E-state index < -0.39 is 0 Å². The van der Waals surface area contributed by atoms with Crippen LogP contribution in [0.1, 0.15) is 5.56 Å². The van der Waals surface area contributed by atoms with Crippen molar-refractivity contribution in [2.75, 3.05) is 5.33 Å². The third kappa shape index (κ3) is 2.23. The Balaban J connectivity index is 2.96. The number of rotatable bonds is 2. The Hall–Kier alpha value is -0.495. The van der Waals surface area contributed by atoms with E-state index in [1.54, 1.807) is 0 Å². The Morgan fingerprint density at radius 3 is 2.82 bits per heavy atom. The van der Waals surface area contributed by atoms with Crippen molar-refractivity contribution in [2.45, 2.75) is 0 Å². The minimum Gasteiger partial charge on any atom is -0.0961 e. The Kier molecular flexibility index (Phi) is 2.95. The third-order valence-corrected chi connectivity index (χ3v) is 2.13. The van der Waals surface area contributed by atoms with Crippen molar-refractivity contribution in [1.29, 1.82) is 0 Å². The molecular formula is C9H8BBr. The highest BCUT2D eigenvalue weighted by atomic mass is 79.9. The first-order valence-electron chi connectivity index (χ1n) is 3.33. The summed E-state index contributed by atoms with van der Waals surface area (Å²) in [4.78, 5) is 0. The number of alkyl halides is 1. The van der Waals surface area contributed by atoms with Gasteiger partial charge in [-0.05, 0) is 11.1 Å². The van der Waals surface area contributed by atoms with Crippen LogP contribution in [0.4, 0.5) is 0 Å². The predicted molar refractivity (Wildman–Crippen MR) is 54.7 cm³/mol. The minimum atomic E-state index is 0.782. The summed E-state index contributed by atoms with van der Waals surface area (Å²) in [6.07, 6.45) is 0. The third-order valence-electron chi connectivity index (χ3n) is 1.46. The van der Waals surface area contributed by atoms with Gasteiger partial charge < -0.3 is 0 Å². The van der Waals surface area contributed by atoms with Crippen molar-refractivity contribution >= 4 is 34.8 Å². The molecule has 0 saturated heterocycles. The molecule has 0 aromatic heterocycles. The molecule has 0 unspecified atom stereocenters. The summed E-state index contributed by atoms with van der Waals surface area (Å²) in [6, 6.07) is 7.72. The quantitative estimate of drug-likeness (QED) is 0.513. The van der Waals surface area contributed by atoms with Crippen molar-refractivity contribution in [2.24, 2.45) is 0 Å². The molecule has 0 aliphatic heterocycles. The summed E-state index contributed by atoms with van der Waals surface area (Å²) in [7, 11) is 5.59. The molecule has 0 nitrogen and oxygen atoms in total. The molecule has 1 rings (SSSR count). The summed E-state index contributed by atoms with van der Waals surface area (Å²) in [5.41, 5.74) is 2.93. The lowest BCUT2D eigenvalue weighted by molar-refractivity contribution is 1.63. The zero-order valence-electron chi connectivity index (χ0n) is 6.18. The van der Waals surface area contributed by atoms with E-state index >= 15 is 0 Å². The van der Waals surface area contributed by atoms with Crippen molar-refractivity contribution in [1.82, 2.24) is 0 Å². The molecule has 1 aromatic rings. The van der Waals surface area contributed by atoms with E-state index in [-0.39, 0.29) is 0 Å². The monoisotopic (exact) mass is 206 g/mol. The Bertz CT molecular complexity index is 268. The Morgan fingerprint density at radius 2 is 2.27 bits per heavy atom. The van der Waals surface area contributed by atoms with Gasteiger partial charge in [0.2, 0.25) is 0 Å². The maximum Gasteiger partial charge on any atom is 0.113 e. The van der Waals surface area contributed by atoms with Crippen molar-refractivity contribution < 1.29 is 0 Å². The lowest BCUT2D eigenvalue weighted by Crippen LogP contribution is -2.01. The van der Waals surface area contributed by atoms with Gasteiger partial charge >= 0.3 is 0 Å². The van der Waals surface area contributed by atoms with Crippen molar-refractivity contribution in [3.05, 3.63) is 36.4 Å². The van der Waals surface area contributed by atoms with E-state index in [0.717, 1.165) is 21.9 Å². The molecule has 0 aliphatic carbocycles. The SMILES string of the molecule is [B]c1cccc(C(=C)CBr)c1. The van der Waals surface area contributed by atoms with Gasteiger partial charge in [-0.25, -0.2) is 0 Å². The lowest BCUT2D eigenvalue weighted by Gasteiger charge is -2.01. The average Bonchev–Trinajstić information content (AvgIpc) is 2.03. The van der Waals surface area contributed by atoms with Crippen LogP contribution < -0.4 is 5.46 Å². The molecule has 0 spiro atoms. The molecule has 11 heavy (non-hydrogen) atoms. The fourth-order valence-corrected chi connectivity index (χ4v) is 1.16. The van der Waals surface area contributed by atoms with Crippen LogP contribution in [-0.4, -0.2) is 13.2 Å². The molecular weight excluding hydrogens is 199 g/mol. The normalized spacial score (nSPS) is 9.55. The van der Waals surface area contributed by atoms with Crippen LogP contribution in [-0.2, 0) is 0 Å². The van der Waals surface area contributed by atoms with E-state index in [0.29, 0.717) is 0 Å². The first-order chi connectivity index (χ1) is 5.24. The van der Waals surface area contributed by atoms with E-state index in [2.05, 4.69) is 22.5 Å². The highest BCUT2D eigenvalue weighted by Gasteiger charge is 1.95. The van der Waals surface area contributed by atoms with Crippen molar-refractivity contribution in [3.63, 3.8) is 0 Å². The van der Waals surface area contributed by atoms with Crippen LogP contribution >= 0.6 is 15.9 Å². The van der Waals surface area contributed by atoms with E-state index in [4.69, 9.17) is 7.85 Å². The fourth-order valence-electron chi connectivity index (χ4n) is 0.836. The highest BCUT2D eigenvalue weighted by Crippen LogP contribution is 2.12. The molecule has 0 heterocycles. The van der Waals surface area contributed by atoms with E-state index in [1.807, 2.05) is 24.3 Å². The second-order valence-electron chi connectivity index (χ2n) is 2.36. The Morgan fingerprint density at radius 1 is 1.55 bits per heavy atom. The highest BCUT2D eigenvalue weighted by molar-refractivity contribution is 9.09. The molecule has 0 fully saturated rings. The standard InChI is InChI=1S/C9H8BBr/c1-7(6-11)8-3-2-4-9(10)5-8/h2-5H,1,6H2. The molecule has 0 saturated carbocycles. The van der Waals surface area contributed by atoms with Crippen molar-refractivity contribution in [3.8, 4) is 0 Å². The van der Waals surface area contributed by atoms with Crippen LogP contribution in [0.25, 0.3) is 5.57 Å². The summed E-state index contributed by atoms with van der Waals surface area (Å²) >= 11 is 3.34. The number of allylic oxidation sites excluding steroid dienone is 1. The fraction of sp³-hybridized carbons (Fsp3) is 0.111. The topological polar surface area (TPSA) is 0 Å². The second kappa shape index (κ2) is 3.77. The number of hydrogen-bond acceptors (Lipinski definition) is 0. The van der Waals surface area contributed by atoms with Crippen LogP contribution in [0.3, 0.4) is 0 Å². The summed E-state index contributed by atoms with van der Waals surface area (Å²) in [5.74, 6) is 0. The molecule has 0 N–H and O–H groups in total. The summed E-state index contributed by atoms with van der Waals surface area (Å²) in [5, 5.41) is 0.788. The van der Waals surface area contributed by atoms with Gasteiger partial charge in [0.15, 0.2) is 0 Å². The van der Waals surface area contributed by atoms with Gasteiger partial charge in [0, 0.05) is 5.33 Å². The number of hydrogen-bond donors (Lipinski definition) is 0. The molecule has 1 aromatic carbocycles. The van der Waals surface area contributed by atoms with Crippen LogP contribution in [0.2, 0.25) is 0 Å². The Labute approximate surface area is 76.9 Å². The van der Waals surface area contributed by atoms with E-state index in [9.17, 15) is 0 Å². The maximum absolute atomic E-state index is 5.59. The maximum atomic E-state index is 5.59. The summed E-state index contributed by atoms with van der Waals surface area (Å²) in [6.45, 7) is 3.88. The van der Waals surface area contributed by atoms with E-state index in [1.165, 1.54) is 0 Å². The van der Waals surface area contributed by atoms with Gasteiger partial charge in [-0.2, -0.15) is 0 Å². The second-order valence-corrected chi connectivity index (χ2v) is 2.92. The zero-order valence-corrected chi connectivity index (χ0v) is 7.76. The molecule has 0 atom stereocenters. The molecule has 2 heteroatoms. The molecule has 0 aliphatic rings. The smallest absolute Gasteiger partial charge is 0.0961 e. The first-order valence-corrected chi connectivity index (χ1v) is 4.46. The zero-order chi connectivity index (χ0) is 8.27. The van der Waals surface area contributed by atoms with Crippen LogP contribution in [0.5, 0.6) is 0 Å². The van der Waals surface area contributed by atoms with Crippen LogP contribution in [0.15, 0.2) is 30.8 Å². The largest absolute Gasteiger partial charge is 0.113 e. The average molecular weight is 207 g/mol. The lowest BCUT2D eigenvalue weighted by atomic mass is 9.93. The summed E-state index contributed by atoms with van der Waals surface area (Å²) < 4.78 is 0. The van der Waals surface area contributed by atoms with Gasteiger partial charge in [0.1, 0.15) is 7.85 Å². The number of benzene rings is 1. The van der Waals surface area contributed by atoms with Gasteiger partial charge in [-0.15, -0.1) is 0 Å². The van der Waals surface area contributed by atoms with Gasteiger partial charge in [-0.3, -0.25) is 0 Å². The molecule has 0 bridgehead atoms. The molecule has 2 radical (unpaired) electrons. The van der Waals surface area contributed by atoms with Gasteiger partial charge in [0.25, 0.3) is 0 Å². The minimum absolute atomic E-state index is 0.782.